The van der Waals surface area contributed by atoms with E-state index in [1.807, 2.05) is 0 Å². The number of likely N-dealkylation sites (tertiary alicyclic amines) is 1. The van der Waals surface area contributed by atoms with Crippen LogP contribution >= 0.6 is 0 Å². The van der Waals surface area contributed by atoms with Crippen molar-refractivity contribution in [2.24, 2.45) is 0 Å². The van der Waals surface area contributed by atoms with Crippen LogP contribution in [-0.2, 0) is 24.5 Å². The molecule has 0 aromatic carbocycles. The molecular weight excluding hydrogens is 242 g/mol. The van der Waals surface area contributed by atoms with Gasteiger partial charge in [-0.3, -0.25) is 19.0 Å². The monoisotopic (exact) mass is 251 g/mol. The normalized spacial score (nSPS) is 23.6. The predicted octanol–water partition coefficient (Wildman–Crippen LogP) is -1.53. The minimum atomic E-state index is -4.68. The molecule has 16 heavy (non-hydrogen) atoms. The van der Waals surface area contributed by atoms with Crippen molar-refractivity contribution in [3.05, 3.63) is 0 Å². The van der Waals surface area contributed by atoms with Crippen LogP contribution < -0.4 is 0 Å². The Morgan fingerprint density at radius 1 is 1.50 bits per heavy atom. The van der Waals surface area contributed by atoms with Gasteiger partial charge in [0.1, 0.15) is 6.04 Å². The van der Waals surface area contributed by atoms with Gasteiger partial charge in [-0.05, 0) is 6.92 Å². The van der Waals surface area contributed by atoms with E-state index in [4.69, 9.17) is 9.66 Å². The Morgan fingerprint density at radius 3 is 2.31 bits per heavy atom. The van der Waals surface area contributed by atoms with Crippen LogP contribution in [0.1, 0.15) is 13.3 Å². The molecule has 2 amide bonds. The van der Waals surface area contributed by atoms with Gasteiger partial charge >= 0.3 is 5.97 Å². The van der Waals surface area contributed by atoms with Crippen LogP contribution in [-0.4, -0.2) is 52.1 Å². The fourth-order valence-electron chi connectivity index (χ4n) is 1.37. The first kappa shape index (κ1) is 12.6. The largest absolute Gasteiger partial charge is 0.480 e. The van der Waals surface area contributed by atoms with E-state index < -0.39 is 45.6 Å². The summed E-state index contributed by atoms with van der Waals surface area (Å²) in [5.74, 6) is -3.57. The van der Waals surface area contributed by atoms with E-state index in [0.717, 1.165) is 6.92 Å². The molecule has 0 aromatic heterocycles. The van der Waals surface area contributed by atoms with E-state index >= 15 is 0 Å². The number of hydrogen-bond acceptors (Lipinski definition) is 5. The van der Waals surface area contributed by atoms with Crippen molar-refractivity contribution in [1.82, 2.24) is 4.90 Å². The lowest BCUT2D eigenvalue weighted by Gasteiger charge is -2.18. The quantitative estimate of drug-likeness (QED) is 0.460. The van der Waals surface area contributed by atoms with Crippen molar-refractivity contribution < 1.29 is 32.5 Å². The lowest BCUT2D eigenvalue weighted by molar-refractivity contribution is -0.153. The van der Waals surface area contributed by atoms with Crippen LogP contribution in [0.3, 0.4) is 0 Å². The number of carbonyl (C=O) groups is 3. The maximum Gasteiger partial charge on any atom is 0.326 e. The van der Waals surface area contributed by atoms with Crippen LogP contribution in [0, 0.1) is 0 Å². The third-order valence-electron chi connectivity index (χ3n) is 2.25. The molecule has 8 nitrogen and oxygen atoms in total. The number of carboxylic acids is 1. The van der Waals surface area contributed by atoms with Crippen LogP contribution in [0.15, 0.2) is 0 Å². The van der Waals surface area contributed by atoms with Gasteiger partial charge in [0, 0.05) is 0 Å². The summed E-state index contributed by atoms with van der Waals surface area (Å²) >= 11 is 0. The van der Waals surface area contributed by atoms with Crippen LogP contribution in [0.4, 0.5) is 0 Å². The highest BCUT2D eigenvalue weighted by Crippen LogP contribution is 2.21. The summed E-state index contributed by atoms with van der Waals surface area (Å²) in [5, 5.41) is 6.72. The fourth-order valence-corrected chi connectivity index (χ4v) is 2.09. The third kappa shape index (κ3) is 2.04. The number of carbonyl (C=O) groups excluding carboxylic acids is 2. The average Bonchev–Trinajstić information content (AvgIpc) is 2.40. The molecule has 1 aliphatic rings. The second kappa shape index (κ2) is 3.83. The van der Waals surface area contributed by atoms with Gasteiger partial charge in [0.05, 0.1) is 6.42 Å². The van der Waals surface area contributed by atoms with Gasteiger partial charge in [0.25, 0.3) is 16.0 Å². The summed E-state index contributed by atoms with van der Waals surface area (Å²) in [4.78, 5) is 33.6. The molecule has 1 saturated heterocycles. The van der Waals surface area contributed by atoms with Gasteiger partial charge in [-0.2, -0.15) is 8.42 Å². The maximum atomic E-state index is 11.4. The molecule has 0 aromatic rings. The van der Waals surface area contributed by atoms with E-state index in [1.165, 1.54) is 0 Å². The molecule has 1 rings (SSSR count). The summed E-state index contributed by atoms with van der Waals surface area (Å²) in [6, 6.07) is -1.45. The highest BCUT2D eigenvalue weighted by molar-refractivity contribution is 7.87. The average molecular weight is 251 g/mol. The van der Waals surface area contributed by atoms with E-state index in [0.29, 0.717) is 4.90 Å². The molecule has 1 aliphatic heterocycles. The zero-order valence-electron chi connectivity index (χ0n) is 8.15. The number of rotatable bonds is 3. The zero-order valence-corrected chi connectivity index (χ0v) is 8.97. The first-order chi connectivity index (χ1) is 7.16. The minimum Gasteiger partial charge on any atom is -0.480 e. The summed E-state index contributed by atoms with van der Waals surface area (Å²) in [7, 11) is -4.68. The summed E-state index contributed by atoms with van der Waals surface area (Å²) in [5.41, 5.74) is 0. The fraction of sp³-hybridized carbons (Fsp3) is 0.571. The van der Waals surface area contributed by atoms with Crippen LogP contribution in [0.2, 0.25) is 0 Å². The van der Waals surface area contributed by atoms with Crippen LogP contribution in [0.5, 0.6) is 0 Å². The number of hydrogen-bond donors (Lipinski definition) is 2. The van der Waals surface area contributed by atoms with Gasteiger partial charge in [-0.15, -0.1) is 0 Å². The van der Waals surface area contributed by atoms with E-state index in [9.17, 15) is 22.8 Å². The lowest BCUT2D eigenvalue weighted by atomic mass is 10.3. The number of amides is 2. The molecule has 1 heterocycles. The van der Waals surface area contributed by atoms with Gasteiger partial charge in [-0.25, -0.2) is 4.79 Å². The standard InChI is InChI=1S/C7H9NO7S/c1-3(7(11)12)8-5(9)2-4(6(8)10)16(13,14)15/h3-4H,2H2,1H3,(H,11,12)(H,13,14,15). The molecule has 90 valence electrons. The highest BCUT2D eigenvalue weighted by Gasteiger charge is 2.48. The first-order valence-corrected chi connectivity index (χ1v) is 5.71. The van der Waals surface area contributed by atoms with Crippen LogP contribution in [0.25, 0.3) is 0 Å². The first-order valence-electron chi connectivity index (χ1n) is 4.21. The molecule has 0 spiro atoms. The Bertz CT molecular complexity index is 453. The smallest absolute Gasteiger partial charge is 0.326 e. The third-order valence-corrected chi connectivity index (χ3v) is 3.33. The number of aliphatic carboxylic acids is 1. The molecular formula is C7H9NO7S. The van der Waals surface area contributed by atoms with Gasteiger partial charge in [0.15, 0.2) is 5.25 Å². The topological polar surface area (TPSA) is 129 Å². The van der Waals surface area contributed by atoms with E-state index in [2.05, 4.69) is 0 Å². The van der Waals surface area contributed by atoms with Crippen molar-refractivity contribution in [3.63, 3.8) is 0 Å². The Hall–Kier alpha value is -1.48. The van der Waals surface area contributed by atoms with E-state index in [1.54, 1.807) is 0 Å². The minimum absolute atomic E-state index is 0.334. The molecule has 0 aliphatic carbocycles. The summed E-state index contributed by atoms with van der Waals surface area (Å²) in [6.45, 7) is 1.07. The predicted molar refractivity (Wildman–Crippen MR) is 48.9 cm³/mol. The highest BCUT2D eigenvalue weighted by atomic mass is 32.2. The van der Waals surface area contributed by atoms with Crippen molar-refractivity contribution >= 4 is 27.9 Å². The zero-order chi connectivity index (χ0) is 12.7. The molecule has 1 fully saturated rings. The Balaban J connectivity index is 3.06. The Labute approximate surface area is 90.6 Å². The second-order valence-corrected chi connectivity index (χ2v) is 4.92. The second-order valence-electron chi connectivity index (χ2n) is 3.32. The van der Waals surface area contributed by atoms with Gasteiger partial charge in [0.2, 0.25) is 5.91 Å². The Morgan fingerprint density at radius 2 is 2.00 bits per heavy atom. The molecule has 9 heteroatoms. The number of nitrogens with zero attached hydrogens (tertiary/aromatic N) is 1. The van der Waals surface area contributed by atoms with Gasteiger partial charge < -0.3 is 5.11 Å². The van der Waals surface area contributed by atoms with Gasteiger partial charge in [-0.1, -0.05) is 0 Å². The summed E-state index contributed by atoms with van der Waals surface area (Å²) < 4.78 is 30.1. The maximum absolute atomic E-state index is 11.4. The molecule has 0 bridgehead atoms. The van der Waals surface area contributed by atoms with Crippen molar-refractivity contribution in [2.75, 3.05) is 0 Å². The molecule has 0 radical (unpaired) electrons. The molecule has 2 atom stereocenters. The number of carboxylic acid groups (broad SMARTS) is 1. The molecule has 2 unspecified atom stereocenters. The SMILES string of the molecule is CC(C(=O)O)N1C(=O)CC(S(=O)(=O)O)C1=O. The summed E-state index contributed by atoms with van der Waals surface area (Å²) in [6.07, 6.45) is -0.727. The number of imide groups is 1. The lowest BCUT2D eigenvalue weighted by Crippen LogP contribution is -2.44. The van der Waals surface area contributed by atoms with Crippen molar-refractivity contribution in [2.45, 2.75) is 24.6 Å². The molecule has 2 N–H and O–H groups in total. The van der Waals surface area contributed by atoms with E-state index in [-0.39, 0.29) is 0 Å². The van der Waals surface area contributed by atoms with Crippen molar-refractivity contribution in [3.8, 4) is 0 Å². The Kier molecular flexibility index (Phi) is 3.01. The molecule has 0 saturated carbocycles. The van der Waals surface area contributed by atoms with Crippen molar-refractivity contribution in [1.29, 1.82) is 0 Å².